The lowest BCUT2D eigenvalue weighted by atomic mass is 9.87. The Morgan fingerprint density at radius 3 is 2.58 bits per heavy atom. The molecule has 24 heavy (non-hydrogen) atoms. The second-order valence-corrected chi connectivity index (χ2v) is 6.47. The number of alkyl halides is 3. The summed E-state index contributed by atoms with van der Waals surface area (Å²) < 4.78 is 40.0. The minimum Gasteiger partial charge on any atom is -0.356 e. The summed E-state index contributed by atoms with van der Waals surface area (Å²) >= 11 is 0. The van der Waals surface area contributed by atoms with E-state index in [0.717, 1.165) is 32.4 Å². The summed E-state index contributed by atoms with van der Waals surface area (Å²) in [5.41, 5.74) is 0.643. The monoisotopic (exact) mass is 341 g/mol. The predicted octanol–water partition coefficient (Wildman–Crippen LogP) is 3.71. The van der Waals surface area contributed by atoms with Gasteiger partial charge in [-0.1, -0.05) is 26.7 Å². The van der Waals surface area contributed by atoms with Gasteiger partial charge in [-0.2, -0.15) is 22.7 Å². The molecule has 1 aliphatic rings. The van der Waals surface area contributed by atoms with Crippen LogP contribution in [0.4, 0.5) is 19.0 Å². The van der Waals surface area contributed by atoms with Crippen molar-refractivity contribution in [1.29, 1.82) is 0 Å². The van der Waals surface area contributed by atoms with Gasteiger partial charge in [0, 0.05) is 24.8 Å². The van der Waals surface area contributed by atoms with Crippen LogP contribution < -0.4 is 4.90 Å². The number of hydrogen-bond acceptors (Lipinski definition) is 4. The Labute approximate surface area is 138 Å². The summed E-state index contributed by atoms with van der Waals surface area (Å²) in [6, 6.07) is 1.79. The number of rotatable bonds is 4. The molecule has 1 fully saturated rings. The Bertz CT molecular complexity index is 720. The lowest BCUT2D eigenvalue weighted by Gasteiger charge is -2.23. The van der Waals surface area contributed by atoms with Gasteiger partial charge in [-0.25, -0.2) is 4.98 Å². The highest BCUT2D eigenvalue weighted by Gasteiger charge is 2.37. The first-order valence-electron chi connectivity index (χ1n) is 8.40. The van der Waals surface area contributed by atoms with Crippen LogP contribution in [0.15, 0.2) is 6.07 Å². The standard InChI is InChI=1S/C16H22F3N5/c1-4-11(5-2)12-6-7-23(9-12)13-8-10(3)20-15-21-14(16(17,18)19)22-24(13)15/h8,11-12H,4-7,9H2,1-3H3. The van der Waals surface area contributed by atoms with Crippen LogP contribution in [0.3, 0.4) is 0 Å². The molecule has 1 aliphatic heterocycles. The topological polar surface area (TPSA) is 46.3 Å². The summed E-state index contributed by atoms with van der Waals surface area (Å²) in [7, 11) is 0. The van der Waals surface area contributed by atoms with E-state index >= 15 is 0 Å². The molecule has 2 aromatic rings. The van der Waals surface area contributed by atoms with Crippen LogP contribution in [0.2, 0.25) is 0 Å². The molecule has 1 unspecified atom stereocenters. The lowest BCUT2D eigenvalue weighted by Crippen LogP contribution is -2.25. The highest BCUT2D eigenvalue weighted by atomic mass is 19.4. The number of anilines is 1. The van der Waals surface area contributed by atoms with Crippen molar-refractivity contribution in [2.24, 2.45) is 11.8 Å². The molecule has 0 spiro atoms. The molecule has 0 N–H and O–H groups in total. The van der Waals surface area contributed by atoms with Crippen LogP contribution in [0.1, 0.15) is 44.6 Å². The first-order valence-corrected chi connectivity index (χ1v) is 8.40. The number of aromatic nitrogens is 4. The molecule has 0 amide bonds. The quantitative estimate of drug-likeness (QED) is 0.850. The number of fused-ring (bicyclic) bond motifs is 1. The fourth-order valence-electron chi connectivity index (χ4n) is 3.65. The molecule has 3 rings (SSSR count). The van der Waals surface area contributed by atoms with Crippen molar-refractivity contribution in [3.05, 3.63) is 17.6 Å². The third-order valence-electron chi connectivity index (χ3n) is 4.94. The molecule has 0 aromatic carbocycles. The zero-order chi connectivity index (χ0) is 17.5. The van der Waals surface area contributed by atoms with Crippen LogP contribution in [0.5, 0.6) is 0 Å². The summed E-state index contributed by atoms with van der Waals surface area (Å²) in [5.74, 6) is 0.721. The molecule has 0 saturated carbocycles. The predicted molar refractivity (Wildman–Crippen MR) is 84.9 cm³/mol. The molecular weight excluding hydrogens is 319 g/mol. The van der Waals surface area contributed by atoms with Crippen molar-refractivity contribution in [2.45, 2.75) is 46.2 Å². The minimum absolute atomic E-state index is 0.00306. The second kappa shape index (κ2) is 6.22. The van der Waals surface area contributed by atoms with Gasteiger partial charge in [0.25, 0.3) is 11.6 Å². The summed E-state index contributed by atoms with van der Waals surface area (Å²) in [4.78, 5) is 9.75. The molecule has 3 heterocycles. The van der Waals surface area contributed by atoms with E-state index in [1.54, 1.807) is 13.0 Å². The van der Waals surface area contributed by atoms with E-state index in [1.165, 1.54) is 4.52 Å². The van der Waals surface area contributed by atoms with Gasteiger partial charge in [-0.3, -0.25) is 0 Å². The van der Waals surface area contributed by atoms with Gasteiger partial charge in [0.05, 0.1) is 0 Å². The summed E-state index contributed by atoms with van der Waals surface area (Å²) in [6.45, 7) is 7.81. The molecule has 8 heteroatoms. The molecule has 0 radical (unpaired) electrons. The minimum atomic E-state index is -4.57. The van der Waals surface area contributed by atoms with Gasteiger partial charge in [0.15, 0.2) is 0 Å². The Morgan fingerprint density at radius 2 is 1.96 bits per heavy atom. The van der Waals surface area contributed by atoms with E-state index in [9.17, 15) is 13.2 Å². The lowest BCUT2D eigenvalue weighted by molar-refractivity contribution is -0.144. The maximum Gasteiger partial charge on any atom is 0.453 e. The third kappa shape index (κ3) is 3.06. The van der Waals surface area contributed by atoms with Gasteiger partial charge in [-0.15, -0.1) is 5.10 Å². The van der Waals surface area contributed by atoms with Crippen molar-refractivity contribution in [1.82, 2.24) is 19.6 Å². The number of nitrogens with zero attached hydrogens (tertiary/aromatic N) is 5. The Hall–Kier alpha value is -1.86. The van der Waals surface area contributed by atoms with Crippen LogP contribution >= 0.6 is 0 Å². The summed E-state index contributed by atoms with van der Waals surface area (Å²) in [5, 5.41) is 3.66. The first-order chi connectivity index (χ1) is 11.3. The van der Waals surface area contributed by atoms with E-state index < -0.39 is 12.0 Å². The van der Waals surface area contributed by atoms with Crippen molar-refractivity contribution in [3.8, 4) is 0 Å². The van der Waals surface area contributed by atoms with Gasteiger partial charge in [0.2, 0.25) is 0 Å². The largest absolute Gasteiger partial charge is 0.453 e. The van der Waals surface area contributed by atoms with Crippen molar-refractivity contribution < 1.29 is 13.2 Å². The average molecular weight is 341 g/mol. The zero-order valence-electron chi connectivity index (χ0n) is 14.1. The maximum absolute atomic E-state index is 12.9. The SMILES string of the molecule is CCC(CC)C1CCN(c2cc(C)nc3nc(C(F)(F)F)nn23)C1. The first kappa shape index (κ1) is 17.0. The highest BCUT2D eigenvalue weighted by molar-refractivity contribution is 5.48. The normalized spacial score (nSPS) is 19.0. The summed E-state index contributed by atoms with van der Waals surface area (Å²) in [6.07, 6.45) is -1.26. The zero-order valence-corrected chi connectivity index (χ0v) is 14.1. The number of aryl methyl sites for hydroxylation is 1. The maximum atomic E-state index is 12.9. The highest BCUT2D eigenvalue weighted by Crippen LogP contribution is 2.33. The van der Waals surface area contributed by atoms with Gasteiger partial charge >= 0.3 is 6.18 Å². The van der Waals surface area contributed by atoms with Crippen molar-refractivity contribution in [2.75, 3.05) is 18.0 Å². The Morgan fingerprint density at radius 1 is 1.25 bits per heavy atom. The second-order valence-electron chi connectivity index (χ2n) is 6.47. The van der Waals surface area contributed by atoms with Crippen LogP contribution in [-0.4, -0.2) is 32.7 Å². The smallest absolute Gasteiger partial charge is 0.356 e. The fraction of sp³-hybridized carbons (Fsp3) is 0.688. The average Bonchev–Trinajstić information content (AvgIpc) is 3.14. The molecular formula is C16H22F3N5. The van der Waals surface area contributed by atoms with E-state index in [-0.39, 0.29) is 5.78 Å². The molecule has 132 valence electrons. The molecule has 0 bridgehead atoms. The molecule has 1 saturated heterocycles. The van der Waals surface area contributed by atoms with Crippen molar-refractivity contribution in [3.63, 3.8) is 0 Å². The van der Waals surface area contributed by atoms with Gasteiger partial charge < -0.3 is 4.90 Å². The van der Waals surface area contributed by atoms with E-state index in [4.69, 9.17) is 0 Å². The van der Waals surface area contributed by atoms with Gasteiger partial charge in [0.1, 0.15) is 5.82 Å². The molecule has 0 aliphatic carbocycles. The number of hydrogen-bond donors (Lipinski definition) is 0. The molecule has 1 atom stereocenters. The van der Waals surface area contributed by atoms with E-state index in [0.29, 0.717) is 23.3 Å². The van der Waals surface area contributed by atoms with Crippen LogP contribution in [-0.2, 0) is 6.18 Å². The van der Waals surface area contributed by atoms with Crippen molar-refractivity contribution >= 4 is 11.6 Å². The molecule has 2 aromatic heterocycles. The number of halogens is 3. The van der Waals surface area contributed by atoms with E-state index in [2.05, 4.69) is 33.8 Å². The Kier molecular flexibility index (Phi) is 4.40. The van der Waals surface area contributed by atoms with Crippen LogP contribution in [0.25, 0.3) is 5.78 Å². The molecule has 5 nitrogen and oxygen atoms in total. The fourth-order valence-corrected chi connectivity index (χ4v) is 3.65. The van der Waals surface area contributed by atoms with Crippen LogP contribution in [0, 0.1) is 18.8 Å². The Balaban J connectivity index is 1.96. The third-order valence-corrected chi connectivity index (χ3v) is 4.94. The van der Waals surface area contributed by atoms with Gasteiger partial charge in [-0.05, 0) is 25.2 Å². The van der Waals surface area contributed by atoms with E-state index in [1.807, 2.05) is 0 Å².